The van der Waals surface area contributed by atoms with Gasteiger partial charge < -0.3 is 11.1 Å². The molecule has 0 aromatic heterocycles. The van der Waals surface area contributed by atoms with Gasteiger partial charge in [0.2, 0.25) is 0 Å². The molecule has 5 heteroatoms. The van der Waals surface area contributed by atoms with Gasteiger partial charge in [0.1, 0.15) is 0 Å². The van der Waals surface area contributed by atoms with Crippen LogP contribution in [0.1, 0.15) is 0 Å². The molecule has 0 fully saturated rings. The minimum absolute atomic E-state index is 0.211. The summed E-state index contributed by atoms with van der Waals surface area (Å²) in [4.78, 5) is 9.82. The lowest BCUT2D eigenvalue weighted by atomic mass is 11.0. The summed E-state index contributed by atoms with van der Waals surface area (Å²) in [5.74, 6) is 0. The van der Waals surface area contributed by atoms with Crippen molar-refractivity contribution in [1.29, 1.82) is 0 Å². The first-order chi connectivity index (χ1) is 3.27. The molecule has 0 aromatic rings. The first-order valence-corrected chi connectivity index (χ1v) is 3.86. The smallest absolute Gasteiger partial charge is 0.312 e. The maximum atomic E-state index is 9.82. The third-order valence-electron chi connectivity index (χ3n) is 0.329. The normalized spacial score (nSPS) is 9.86. The molecule has 0 saturated heterocycles. The van der Waals surface area contributed by atoms with Gasteiger partial charge in [0, 0.05) is 0 Å². The van der Waals surface area contributed by atoms with Gasteiger partial charge in [0.25, 0.3) is 0 Å². The molecule has 0 bridgehead atoms. The number of nitrogens with one attached hydrogen (secondary N) is 1. The summed E-state index contributed by atoms with van der Waals surface area (Å²) in [5.41, 5.74) is 4.67. The zero-order valence-corrected chi connectivity index (χ0v) is 5.33. The lowest BCUT2D eigenvalue weighted by Gasteiger charge is -1.92. The van der Waals surface area contributed by atoms with E-state index in [0.717, 1.165) is 0 Å². The van der Waals surface area contributed by atoms with Crippen molar-refractivity contribution in [2.24, 2.45) is 5.73 Å². The summed E-state index contributed by atoms with van der Waals surface area (Å²) in [6.45, 7) is 0. The first kappa shape index (κ1) is 6.99. The molecule has 0 aliphatic rings. The fourth-order valence-electron chi connectivity index (χ4n) is 0.121. The van der Waals surface area contributed by atoms with Crippen molar-refractivity contribution in [1.82, 2.24) is 5.32 Å². The average Bonchev–Trinajstić information content (AvgIpc) is 1.61. The van der Waals surface area contributed by atoms with Crippen LogP contribution in [-0.2, 0) is 0 Å². The average molecular weight is 141 g/mol. The van der Waals surface area contributed by atoms with E-state index in [1.807, 2.05) is 0 Å². The fraction of sp³-hybridized carbons (Fsp3) is 0.500. The van der Waals surface area contributed by atoms with E-state index in [0.29, 0.717) is 6.29 Å². The summed E-state index contributed by atoms with van der Waals surface area (Å²) >= 11 is 5.20. The Morgan fingerprint density at radius 2 is 2.57 bits per heavy atom. The topological polar surface area (TPSA) is 55.1 Å². The second kappa shape index (κ2) is 4.16. The van der Waals surface area contributed by atoms with Crippen LogP contribution < -0.4 is 11.1 Å². The third-order valence-corrected chi connectivity index (χ3v) is 1.04. The van der Waals surface area contributed by atoms with Gasteiger partial charge in [-0.2, -0.15) is 0 Å². The van der Waals surface area contributed by atoms with E-state index in [2.05, 4.69) is 11.1 Å². The van der Waals surface area contributed by atoms with Crippen LogP contribution in [0.5, 0.6) is 0 Å². The number of rotatable bonds is 2. The molecule has 0 radical (unpaired) electrons. The highest BCUT2D eigenvalue weighted by Gasteiger charge is 1.84. The zero-order chi connectivity index (χ0) is 5.70. The Morgan fingerprint density at radius 3 is 2.71 bits per heavy atom. The van der Waals surface area contributed by atoms with Gasteiger partial charge in [-0.1, -0.05) is 11.2 Å². The molecule has 1 unspecified atom stereocenters. The Hall–Kier alpha value is -0.0100. The van der Waals surface area contributed by atoms with Crippen molar-refractivity contribution in [2.75, 3.05) is 6.29 Å². The molecule has 0 spiro atoms. The molecule has 42 valence electrons. The van der Waals surface area contributed by atoms with E-state index in [1.54, 1.807) is 0 Å². The van der Waals surface area contributed by atoms with E-state index in [-0.39, 0.29) is 7.93 Å². The Morgan fingerprint density at radius 1 is 2.00 bits per heavy atom. The van der Waals surface area contributed by atoms with E-state index >= 15 is 0 Å². The first-order valence-electron chi connectivity index (χ1n) is 1.64. The van der Waals surface area contributed by atoms with Gasteiger partial charge in [0.15, 0.2) is 0 Å². The fourth-order valence-corrected chi connectivity index (χ4v) is 0.562. The van der Waals surface area contributed by atoms with Crippen LogP contribution >= 0.6 is 19.2 Å². The van der Waals surface area contributed by atoms with Gasteiger partial charge in [-0.15, -0.1) is 0 Å². The highest BCUT2D eigenvalue weighted by Crippen LogP contribution is 2.11. The number of halogens is 1. The monoisotopic (exact) mass is 140 g/mol. The molecule has 0 aliphatic carbocycles. The highest BCUT2D eigenvalue weighted by atomic mass is 35.7. The van der Waals surface area contributed by atoms with E-state index in [1.165, 1.54) is 0 Å². The van der Waals surface area contributed by atoms with Gasteiger partial charge in [-0.25, -0.2) is 4.79 Å². The Bertz CT molecular complexity index is 68.7. The van der Waals surface area contributed by atoms with Crippen molar-refractivity contribution in [3.63, 3.8) is 0 Å². The van der Waals surface area contributed by atoms with Crippen molar-refractivity contribution in [3.05, 3.63) is 0 Å². The number of primary amides is 1. The van der Waals surface area contributed by atoms with E-state index < -0.39 is 6.03 Å². The number of urea groups is 1. The molecule has 3 nitrogen and oxygen atoms in total. The van der Waals surface area contributed by atoms with Crippen LogP contribution in [-0.4, -0.2) is 12.3 Å². The molecule has 3 N–H and O–H groups in total. The Kier molecular flexibility index (Phi) is 4.15. The molecular formula is C2H6ClN2OP. The molecule has 0 aliphatic heterocycles. The van der Waals surface area contributed by atoms with Crippen molar-refractivity contribution >= 4 is 25.2 Å². The maximum Gasteiger partial charge on any atom is 0.312 e. The predicted molar refractivity (Wildman–Crippen MR) is 31.8 cm³/mol. The van der Waals surface area contributed by atoms with E-state index in [4.69, 9.17) is 11.2 Å². The van der Waals surface area contributed by atoms with Gasteiger partial charge in [0.05, 0.1) is 6.29 Å². The molecular weight excluding hydrogens is 134 g/mol. The number of amides is 2. The minimum Gasteiger partial charge on any atom is -0.352 e. The molecule has 2 amide bonds. The zero-order valence-electron chi connectivity index (χ0n) is 3.57. The van der Waals surface area contributed by atoms with Crippen molar-refractivity contribution in [2.45, 2.75) is 0 Å². The molecule has 0 rings (SSSR count). The third kappa shape index (κ3) is 5.99. The summed E-state index contributed by atoms with van der Waals surface area (Å²) in [6, 6.07) is -0.520. The summed E-state index contributed by atoms with van der Waals surface area (Å²) in [7, 11) is 0.211. The quantitative estimate of drug-likeness (QED) is 0.538. The number of carbonyl (C=O) groups excluding carboxylic acids is 1. The number of hydrogen-bond donors (Lipinski definition) is 2. The SMILES string of the molecule is NC(=O)NCPCl. The summed E-state index contributed by atoms with van der Waals surface area (Å²) in [5, 5.41) is 2.31. The number of nitrogens with two attached hydrogens (primary N) is 1. The van der Waals surface area contributed by atoms with Crippen LogP contribution in [0.4, 0.5) is 4.79 Å². The summed E-state index contributed by atoms with van der Waals surface area (Å²) < 4.78 is 0. The molecule has 0 heterocycles. The second-order valence-corrected chi connectivity index (χ2v) is 2.27. The largest absolute Gasteiger partial charge is 0.352 e. The van der Waals surface area contributed by atoms with Crippen molar-refractivity contribution in [3.8, 4) is 0 Å². The molecule has 0 aromatic carbocycles. The second-order valence-electron chi connectivity index (χ2n) is 0.851. The van der Waals surface area contributed by atoms with Crippen LogP contribution in [0.15, 0.2) is 0 Å². The lowest BCUT2D eigenvalue weighted by Crippen LogP contribution is -2.27. The van der Waals surface area contributed by atoms with Crippen LogP contribution in [0, 0.1) is 0 Å². The van der Waals surface area contributed by atoms with Crippen LogP contribution in [0.3, 0.4) is 0 Å². The van der Waals surface area contributed by atoms with Crippen LogP contribution in [0.25, 0.3) is 0 Å². The van der Waals surface area contributed by atoms with Gasteiger partial charge in [-0.05, 0) is 7.93 Å². The van der Waals surface area contributed by atoms with E-state index in [9.17, 15) is 4.79 Å². The van der Waals surface area contributed by atoms with Gasteiger partial charge in [-0.3, -0.25) is 0 Å². The number of carbonyl (C=O) groups is 1. The predicted octanol–water partition coefficient (Wildman–Crippen LogP) is 0.445. The maximum absolute atomic E-state index is 9.82. The molecule has 0 saturated carbocycles. The standard InChI is InChI=1S/C2H6ClN2OP/c3-7-1-5-2(4)6/h7H,1H2,(H3,4,5,6). The lowest BCUT2D eigenvalue weighted by molar-refractivity contribution is 0.250. The van der Waals surface area contributed by atoms with Crippen LogP contribution in [0.2, 0.25) is 0 Å². The minimum atomic E-state index is -0.520. The Labute approximate surface area is 48.2 Å². The molecule has 1 atom stereocenters. The number of hydrogen-bond acceptors (Lipinski definition) is 1. The highest BCUT2D eigenvalue weighted by molar-refractivity contribution is 7.68. The summed E-state index contributed by atoms with van der Waals surface area (Å²) in [6.07, 6.45) is 0.469. The van der Waals surface area contributed by atoms with Gasteiger partial charge >= 0.3 is 6.03 Å². The Balaban J connectivity index is 2.82. The molecule has 7 heavy (non-hydrogen) atoms. The van der Waals surface area contributed by atoms with Crippen molar-refractivity contribution < 1.29 is 4.79 Å².